The Balaban J connectivity index is 1.61. The Hall–Kier alpha value is -0.770. The summed E-state index contributed by atoms with van der Waals surface area (Å²) in [5.74, 6) is 2.68. The molecule has 1 aromatic rings. The molecular formula is C14H18BrNO2. The van der Waals surface area contributed by atoms with E-state index >= 15 is 0 Å². The zero-order chi connectivity index (χ0) is 12.7. The fourth-order valence-electron chi connectivity index (χ4n) is 3.73. The van der Waals surface area contributed by atoms with E-state index in [1.165, 1.54) is 25.7 Å². The van der Waals surface area contributed by atoms with Gasteiger partial charge in [0.1, 0.15) is 0 Å². The van der Waals surface area contributed by atoms with Crippen LogP contribution in [-0.2, 0) is 0 Å². The number of hydrogen-bond donors (Lipinski definition) is 1. The summed E-state index contributed by atoms with van der Waals surface area (Å²) in [7, 11) is 0. The molecule has 3 rings (SSSR count). The van der Waals surface area contributed by atoms with Crippen molar-refractivity contribution in [1.29, 1.82) is 0 Å². The summed E-state index contributed by atoms with van der Waals surface area (Å²) in [5, 5.41) is 3.08. The van der Waals surface area contributed by atoms with Crippen molar-refractivity contribution in [1.82, 2.24) is 5.32 Å². The van der Waals surface area contributed by atoms with Crippen molar-refractivity contribution in [3.8, 4) is 0 Å². The number of hydrogen-bond acceptors (Lipinski definition) is 2. The van der Waals surface area contributed by atoms with Crippen LogP contribution < -0.4 is 5.32 Å². The molecule has 98 valence electrons. The first-order valence-electron chi connectivity index (χ1n) is 6.69. The topological polar surface area (TPSA) is 42.2 Å². The molecule has 1 amide bonds. The minimum absolute atomic E-state index is 0.101. The Morgan fingerprint density at radius 2 is 2.28 bits per heavy atom. The predicted molar refractivity (Wildman–Crippen MR) is 72.3 cm³/mol. The van der Waals surface area contributed by atoms with Crippen LogP contribution in [-0.4, -0.2) is 11.9 Å². The van der Waals surface area contributed by atoms with E-state index in [1.807, 2.05) is 0 Å². The van der Waals surface area contributed by atoms with Gasteiger partial charge in [-0.3, -0.25) is 4.79 Å². The number of carbonyl (C=O) groups excluding carboxylic acids is 1. The largest absolute Gasteiger partial charge is 0.444 e. The van der Waals surface area contributed by atoms with Crippen LogP contribution in [0.5, 0.6) is 0 Å². The van der Waals surface area contributed by atoms with Crippen molar-refractivity contribution in [2.75, 3.05) is 0 Å². The lowest BCUT2D eigenvalue weighted by Crippen LogP contribution is -2.39. The number of nitrogens with one attached hydrogen (secondary N) is 1. The molecule has 0 unspecified atom stereocenters. The van der Waals surface area contributed by atoms with Gasteiger partial charge in [-0.15, -0.1) is 0 Å². The van der Waals surface area contributed by atoms with Gasteiger partial charge in [-0.2, -0.15) is 0 Å². The van der Waals surface area contributed by atoms with E-state index in [4.69, 9.17) is 4.42 Å². The Bertz CT molecular complexity index is 456. The second-order valence-corrected chi connectivity index (χ2v) is 6.49. The highest BCUT2D eigenvalue weighted by atomic mass is 79.9. The van der Waals surface area contributed by atoms with E-state index in [0.29, 0.717) is 16.3 Å². The number of halogens is 1. The number of rotatable bonds is 3. The van der Waals surface area contributed by atoms with Gasteiger partial charge < -0.3 is 9.73 Å². The van der Waals surface area contributed by atoms with Crippen LogP contribution in [0.1, 0.15) is 43.2 Å². The summed E-state index contributed by atoms with van der Waals surface area (Å²) < 4.78 is 5.87. The number of fused-ring (bicyclic) bond motifs is 2. The van der Waals surface area contributed by atoms with E-state index in [9.17, 15) is 4.79 Å². The third kappa shape index (κ3) is 2.22. The minimum atomic E-state index is -0.101. The van der Waals surface area contributed by atoms with Crippen LogP contribution in [0, 0.1) is 17.8 Å². The fraction of sp³-hybridized carbons (Fsp3) is 0.643. The van der Waals surface area contributed by atoms with E-state index in [-0.39, 0.29) is 11.9 Å². The first-order valence-corrected chi connectivity index (χ1v) is 7.49. The molecule has 4 atom stereocenters. The van der Waals surface area contributed by atoms with Crippen LogP contribution in [0.15, 0.2) is 21.2 Å². The van der Waals surface area contributed by atoms with Crippen LogP contribution in [0.4, 0.5) is 0 Å². The third-order valence-electron chi connectivity index (χ3n) is 4.59. The Morgan fingerprint density at radius 1 is 1.44 bits per heavy atom. The van der Waals surface area contributed by atoms with Gasteiger partial charge in [0.25, 0.3) is 5.91 Å². The molecule has 2 aliphatic carbocycles. The van der Waals surface area contributed by atoms with E-state index in [2.05, 4.69) is 28.2 Å². The van der Waals surface area contributed by atoms with Gasteiger partial charge in [0, 0.05) is 6.04 Å². The van der Waals surface area contributed by atoms with Gasteiger partial charge in [0.2, 0.25) is 0 Å². The second kappa shape index (κ2) is 4.72. The molecule has 1 heterocycles. The van der Waals surface area contributed by atoms with Crippen LogP contribution in [0.3, 0.4) is 0 Å². The highest BCUT2D eigenvalue weighted by molar-refractivity contribution is 9.10. The third-order valence-corrected chi connectivity index (χ3v) is 5.02. The maximum atomic E-state index is 12.0. The standard InChI is InChI=1S/C14H18BrNO2/c1-8(11-7-9-2-3-10(11)6-9)16-14(17)12-4-5-13(15)18-12/h4-5,8-11H,2-3,6-7H2,1H3,(H,16,17)/t8-,9-,10-,11-/m1/s1. The molecule has 0 saturated heterocycles. The second-order valence-electron chi connectivity index (χ2n) is 5.70. The van der Waals surface area contributed by atoms with Gasteiger partial charge in [-0.05, 0) is 72.0 Å². The maximum absolute atomic E-state index is 12.0. The summed E-state index contributed by atoms with van der Waals surface area (Å²) >= 11 is 3.21. The predicted octanol–water partition coefficient (Wildman–Crippen LogP) is 3.60. The van der Waals surface area contributed by atoms with Crippen molar-refractivity contribution in [2.24, 2.45) is 17.8 Å². The average molecular weight is 312 g/mol. The summed E-state index contributed by atoms with van der Waals surface area (Å²) in [6, 6.07) is 3.70. The molecule has 1 N–H and O–H groups in total. The van der Waals surface area contributed by atoms with E-state index in [0.717, 1.165) is 11.8 Å². The lowest BCUT2D eigenvalue weighted by atomic mass is 9.84. The fourth-order valence-corrected chi connectivity index (χ4v) is 4.03. The molecule has 2 aliphatic rings. The molecule has 0 spiro atoms. The number of furan rings is 1. The van der Waals surface area contributed by atoms with Gasteiger partial charge >= 0.3 is 0 Å². The zero-order valence-corrected chi connectivity index (χ0v) is 12.1. The quantitative estimate of drug-likeness (QED) is 0.926. The molecule has 2 fully saturated rings. The smallest absolute Gasteiger partial charge is 0.287 e. The minimum Gasteiger partial charge on any atom is -0.444 e. The molecular weight excluding hydrogens is 294 g/mol. The van der Waals surface area contributed by atoms with Gasteiger partial charge in [-0.25, -0.2) is 0 Å². The van der Waals surface area contributed by atoms with Crippen molar-refractivity contribution in [3.63, 3.8) is 0 Å². The Morgan fingerprint density at radius 3 is 2.83 bits per heavy atom. The molecule has 0 radical (unpaired) electrons. The normalized spacial score (nSPS) is 31.6. The molecule has 1 aromatic heterocycles. The van der Waals surface area contributed by atoms with Crippen molar-refractivity contribution in [3.05, 3.63) is 22.6 Å². The monoisotopic (exact) mass is 311 g/mol. The number of amides is 1. The summed E-state index contributed by atoms with van der Waals surface area (Å²) in [4.78, 5) is 12.0. The first kappa shape index (κ1) is 12.3. The van der Waals surface area contributed by atoms with Crippen LogP contribution in [0.2, 0.25) is 0 Å². The summed E-state index contributed by atoms with van der Waals surface area (Å²) in [6.45, 7) is 2.13. The summed E-state index contributed by atoms with van der Waals surface area (Å²) in [5.41, 5.74) is 0. The molecule has 2 saturated carbocycles. The molecule has 0 aromatic carbocycles. The summed E-state index contributed by atoms with van der Waals surface area (Å²) in [6.07, 6.45) is 5.40. The van der Waals surface area contributed by atoms with Crippen LogP contribution in [0.25, 0.3) is 0 Å². The first-order chi connectivity index (χ1) is 8.63. The molecule has 4 heteroatoms. The zero-order valence-electron chi connectivity index (χ0n) is 10.5. The molecule has 18 heavy (non-hydrogen) atoms. The van der Waals surface area contributed by atoms with E-state index in [1.54, 1.807) is 12.1 Å². The Labute approximate surface area is 115 Å². The average Bonchev–Trinajstić information content (AvgIpc) is 3.03. The SMILES string of the molecule is C[C@@H](NC(=O)c1ccc(Br)o1)[C@H]1C[C@@H]2CC[C@@H]1C2. The number of carbonyl (C=O) groups is 1. The molecule has 0 aliphatic heterocycles. The lowest BCUT2D eigenvalue weighted by Gasteiger charge is -2.28. The lowest BCUT2D eigenvalue weighted by molar-refractivity contribution is 0.0886. The van der Waals surface area contributed by atoms with Gasteiger partial charge in [-0.1, -0.05) is 6.42 Å². The molecule has 2 bridgehead atoms. The van der Waals surface area contributed by atoms with Gasteiger partial charge in [0.15, 0.2) is 10.4 Å². The van der Waals surface area contributed by atoms with Gasteiger partial charge in [0.05, 0.1) is 0 Å². The van der Waals surface area contributed by atoms with Crippen molar-refractivity contribution >= 4 is 21.8 Å². The van der Waals surface area contributed by atoms with Crippen molar-refractivity contribution < 1.29 is 9.21 Å². The van der Waals surface area contributed by atoms with Crippen LogP contribution >= 0.6 is 15.9 Å². The van der Waals surface area contributed by atoms with E-state index < -0.39 is 0 Å². The Kier molecular flexibility index (Phi) is 3.22. The maximum Gasteiger partial charge on any atom is 0.287 e. The highest BCUT2D eigenvalue weighted by Gasteiger charge is 2.42. The molecule has 3 nitrogen and oxygen atoms in total. The highest BCUT2D eigenvalue weighted by Crippen LogP contribution is 2.49. The van der Waals surface area contributed by atoms with Crippen molar-refractivity contribution in [2.45, 2.75) is 38.6 Å².